The van der Waals surface area contributed by atoms with Crippen LogP contribution in [-0.2, 0) is 10.2 Å². The third kappa shape index (κ3) is 2.36. The highest BCUT2D eigenvalue weighted by atomic mass is 16.2. The summed E-state index contributed by atoms with van der Waals surface area (Å²) in [6.07, 6.45) is 7.04. The van der Waals surface area contributed by atoms with Gasteiger partial charge in [0.05, 0.1) is 5.41 Å². The third-order valence-corrected chi connectivity index (χ3v) is 6.26. The molecule has 1 amide bonds. The number of hydrogen-bond acceptors (Lipinski definition) is 2. The molecule has 4 rings (SSSR count). The number of nitrogens with zero attached hydrogens (tertiary/aromatic N) is 1. The Morgan fingerprint density at radius 2 is 1.55 bits per heavy atom. The Bertz CT molecular complexity index is 534. The van der Waals surface area contributed by atoms with Crippen LogP contribution in [0.1, 0.15) is 44.1 Å². The van der Waals surface area contributed by atoms with Crippen LogP contribution in [0.5, 0.6) is 0 Å². The van der Waals surface area contributed by atoms with Crippen molar-refractivity contribution in [3.8, 4) is 0 Å². The number of carbonyl (C=O) groups is 1. The summed E-state index contributed by atoms with van der Waals surface area (Å²) in [5, 5.41) is 3.47. The minimum Gasteiger partial charge on any atom is -0.342 e. The summed E-state index contributed by atoms with van der Waals surface area (Å²) in [5.41, 5.74) is 1.56. The second-order valence-electron chi connectivity index (χ2n) is 7.49. The molecule has 0 radical (unpaired) electrons. The molecule has 1 N–H and O–H groups in total. The first-order chi connectivity index (χ1) is 10.7. The van der Waals surface area contributed by atoms with Gasteiger partial charge in [0.1, 0.15) is 0 Å². The lowest BCUT2D eigenvalue weighted by atomic mass is 9.71. The van der Waals surface area contributed by atoms with Crippen molar-refractivity contribution in [2.45, 2.75) is 43.9 Å². The molecular weight excluding hydrogens is 272 g/mol. The fourth-order valence-electron chi connectivity index (χ4n) is 4.45. The van der Waals surface area contributed by atoms with Crippen LogP contribution in [0.3, 0.4) is 0 Å². The van der Waals surface area contributed by atoms with Crippen LogP contribution in [0.2, 0.25) is 0 Å². The van der Waals surface area contributed by atoms with Crippen molar-refractivity contribution in [3.05, 3.63) is 35.9 Å². The molecular formula is C19H26N2O. The molecule has 0 unspecified atom stereocenters. The van der Waals surface area contributed by atoms with Gasteiger partial charge in [-0.2, -0.15) is 0 Å². The molecule has 22 heavy (non-hydrogen) atoms. The Labute approximate surface area is 133 Å². The van der Waals surface area contributed by atoms with Gasteiger partial charge in [-0.25, -0.2) is 0 Å². The van der Waals surface area contributed by atoms with Crippen molar-refractivity contribution in [3.63, 3.8) is 0 Å². The van der Waals surface area contributed by atoms with Crippen LogP contribution in [0.25, 0.3) is 0 Å². The second kappa shape index (κ2) is 5.38. The van der Waals surface area contributed by atoms with Gasteiger partial charge < -0.3 is 10.2 Å². The molecule has 3 aliphatic rings. The van der Waals surface area contributed by atoms with E-state index in [0.29, 0.717) is 11.3 Å². The van der Waals surface area contributed by atoms with Crippen LogP contribution < -0.4 is 5.32 Å². The van der Waals surface area contributed by atoms with Crippen LogP contribution in [0.15, 0.2) is 30.3 Å². The predicted molar refractivity (Wildman–Crippen MR) is 87.7 cm³/mol. The number of hydrogen-bond donors (Lipinski definition) is 1. The van der Waals surface area contributed by atoms with E-state index in [1.807, 2.05) is 6.07 Å². The number of amides is 1. The normalized spacial score (nSPS) is 25.9. The highest BCUT2D eigenvalue weighted by molar-refractivity contribution is 5.91. The molecule has 3 nitrogen and oxygen atoms in total. The average molecular weight is 298 g/mol. The Balaban J connectivity index is 1.44. The van der Waals surface area contributed by atoms with Gasteiger partial charge in [0, 0.05) is 13.1 Å². The monoisotopic (exact) mass is 298 g/mol. The highest BCUT2D eigenvalue weighted by Crippen LogP contribution is 2.50. The lowest BCUT2D eigenvalue weighted by Gasteiger charge is -2.45. The first-order valence-electron chi connectivity index (χ1n) is 8.80. The molecule has 1 aromatic carbocycles. The zero-order valence-electron chi connectivity index (χ0n) is 13.3. The minimum absolute atomic E-state index is 0.181. The predicted octanol–water partition coefficient (Wildman–Crippen LogP) is 2.71. The van der Waals surface area contributed by atoms with Gasteiger partial charge in [0.2, 0.25) is 5.91 Å². The summed E-state index contributed by atoms with van der Waals surface area (Å²) in [5.74, 6) is 0.391. The number of nitrogens with one attached hydrogen (secondary N) is 1. The zero-order chi connectivity index (χ0) is 15.0. The molecule has 1 aliphatic carbocycles. The molecule has 1 aromatic rings. The molecule has 2 saturated heterocycles. The Morgan fingerprint density at radius 1 is 0.909 bits per heavy atom. The average Bonchev–Trinajstić information content (AvgIpc) is 3.38. The van der Waals surface area contributed by atoms with Gasteiger partial charge in [-0.1, -0.05) is 30.3 Å². The molecule has 1 spiro atoms. The van der Waals surface area contributed by atoms with Gasteiger partial charge >= 0.3 is 0 Å². The lowest BCUT2D eigenvalue weighted by Crippen LogP contribution is -2.49. The van der Waals surface area contributed by atoms with E-state index < -0.39 is 0 Å². The molecule has 1 saturated carbocycles. The molecule has 3 fully saturated rings. The molecule has 0 bridgehead atoms. The topological polar surface area (TPSA) is 32.3 Å². The summed E-state index contributed by atoms with van der Waals surface area (Å²) in [4.78, 5) is 15.2. The van der Waals surface area contributed by atoms with Crippen LogP contribution in [-0.4, -0.2) is 37.0 Å². The van der Waals surface area contributed by atoms with Crippen molar-refractivity contribution in [2.75, 3.05) is 26.2 Å². The molecule has 0 aromatic heterocycles. The SMILES string of the molecule is O=C(N1CCC2(CCNCC2)CC1)C1(c2ccccc2)CC1. The largest absolute Gasteiger partial charge is 0.342 e. The van der Waals surface area contributed by atoms with Crippen molar-refractivity contribution < 1.29 is 4.79 Å². The first-order valence-corrected chi connectivity index (χ1v) is 8.80. The summed E-state index contributed by atoms with van der Waals surface area (Å²) in [7, 11) is 0. The third-order valence-electron chi connectivity index (χ3n) is 6.26. The van der Waals surface area contributed by atoms with Crippen molar-refractivity contribution in [1.82, 2.24) is 10.2 Å². The molecule has 2 heterocycles. The van der Waals surface area contributed by atoms with E-state index in [-0.39, 0.29) is 5.41 Å². The van der Waals surface area contributed by atoms with E-state index in [4.69, 9.17) is 0 Å². The molecule has 118 valence electrons. The Hall–Kier alpha value is -1.35. The number of rotatable bonds is 2. The maximum absolute atomic E-state index is 13.1. The van der Waals surface area contributed by atoms with Crippen LogP contribution >= 0.6 is 0 Å². The lowest BCUT2D eigenvalue weighted by molar-refractivity contribution is -0.136. The van der Waals surface area contributed by atoms with E-state index in [9.17, 15) is 4.79 Å². The number of likely N-dealkylation sites (tertiary alicyclic amines) is 1. The standard InChI is InChI=1S/C19H26N2O/c22-17(19(6-7-19)16-4-2-1-3-5-16)21-14-10-18(11-15-21)8-12-20-13-9-18/h1-5,20H,6-15H2. The fraction of sp³-hybridized carbons (Fsp3) is 0.632. The number of carbonyl (C=O) groups excluding carboxylic acids is 1. The molecule has 2 aliphatic heterocycles. The second-order valence-corrected chi connectivity index (χ2v) is 7.49. The first kappa shape index (κ1) is 14.3. The zero-order valence-corrected chi connectivity index (χ0v) is 13.3. The van der Waals surface area contributed by atoms with Crippen molar-refractivity contribution in [2.24, 2.45) is 5.41 Å². The maximum Gasteiger partial charge on any atom is 0.233 e. The number of benzene rings is 1. The quantitative estimate of drug-likeness (QED) is 0.910. The Kier molecular flexibility index (Phi) is 3.48. The van der Waals surface area contributed by atoms with E-state index >= 15 is 0 Å². The Morgan fingerprint density at radius 3 is 2.14 bits per heavy atom. The van der Waals surface area contributed by atoms with Gasteiger partial charge in [0.25, 0.3) is 0 Å². The summed E-state index contributed by atoms with van der Waals surface area (Å²) >= 11 is 0. The minimum atomic E-state index is -0.181. The van der Waals surface area contributed by atoms with Gasteiger partial charge in [0.15, 0.2) is 0 Å². The summed E-state index contributed by atoms with van der Waals surface area (Å²) < 4.78 is 0. The smallest absolute Gasteiger partial charge is 0.233 e. The highest BCUT2D eigenvalue weighted by Gasteiger charge is 2.53. The van der Waals surface area contributed by atoms with Crippen molar-refractivity contribution >= 4 is 5.91 Å². The van der Waals surface area contributed by atoms with Gasteiger partial charge in [-0.05, 0) is 62.6 Å². The van der Waals surface area contributed by atoms with E-state index in [0.717, 1.165) is 39.0 Å². The summed E-state index contributed by atoms with van der Waals surface area (Å²) in [6, 6.07) is 10.4. The van der Waals surface area contributed by atoms with Gasteiger partial charge in [-0.15, -0.1) is 0 Å². The number of piperidine rings is 2. The molecule has 3 heteroatoms. The van der Waals surface area contributed by atoms with E-state index in [2.05, 4.69) is 34.5 Å². The van der Waals surface area contributed by atoms with Crippen LogP contribution in [0.4, 0.5) is 0 Å². The van der Waals surface area contributed by atoms with Crippen LogP contribution in [0, 0.1) is 5.41 Å². The summed E-state index contributed by atoms with van der Waals surface area (Å²) in [6.45, 7) is 4.24. The van der Waals surface area contributed by atoms with E-state index in [1.54, 1.807) is 0 Å². The van der Waals surface area contributed by atoms with Crippen molar-refractivity contribution in [1.29, 1.82) is 0 Å². The molecule has 0 atom stereocenters. The fourth-order valence-corrected chi connectivity index (χ4v) is 4.45. The van der Waals surface area contributed by atoms with Gasteiger partial charge in [-0.3, -0.25) is 4.79 Å². The van der Waals surface area contributed by atoms with E-state index in [1.165, 1.54) is 31.2 Å². The maximum atomic E-state index is 13.1.